The summed E-state index contributed by atoms with van der Waals surface area (Å²) >= 11 is 0. The molecule has 1 saturated heterocycles. The third kappa shape index (κ3) is 5.59. The molecule has 0 atom stereocenters. The lowest BCUT2D eigenvalue weighted by atomic mass is 10.2. The molecule has 0 radical (unpaired) electrons. The third-order valence-electron chi connectivity index (χ3n) is 5.56. The van der Waals surface area contributed by atoms with E-state index in [4.69, 9.17) is 9.47 Å². The number of hydrogen-bond acceptors (Lipinski definition) is 6. The summed E-state index contributed by atoms with van der Waals surface area (Å²) in [6, 6.07) is 10.7. The van der Waals surface area contributed by atoms with E-state index >= 15 is 0 Å². The standard InChI is InChI=1S/C23H31N3O5S/c1-17-6-7-18(2)22(14-17)32(28,29)26-11-5-10-25(12-13-26)16-23(27)24-20-9-8-19(30-3)15-21(20)31-4/h6-9,14-15H,5,10-13,16H2,1-4H3,(H,24,27). The van der Waals surface area contributed by atoms with Gasteiger partial charge in [-0.25, -0.2) is 8.42 Å². The Kier molecular flexibility index (Phi) is 7.76. The van der Waals surface area contributed by atoms with Gasteiger partial charge in [0.15, 0.2) is 0 Å². The number of hydrogen-bond donors (Lipinski definition) is 1. The Morgan fingerprint density at radius 2 is 1.78 bits per heavy atom. The van der Waals surface area contributed by atoms with Gasteiger partial charge < -0.3 is 14.8 Å². The Balaban J connectivity index is 1.63. The van der Waals surface area contributed by atoms with Gasteiger partial charge in [-0.2, -0.15) is 4.31 Å². The van der Waals surface area contributed by atoms with Crippen molar-refractivity contribution in [3.8, 4) is 11.5 Å². The number of rotatable bonds is 7. The molecule has 0 unspecified atom stereocenters. The molecule has 9 heteroatoms. The molecular weight excluding hydrogens is 430 g/mol. The monoisotopic (exact) mass is 461 g/mol. The summed E-state index contributed by atoms with van der Waals surface area (Å²) in [5.41, 5.74) is 2.22. The van der Waals surface area contributed by atoms with E-state index in [9.17, 15) is 13.2 Å². The van der Waals surface area contributed by atoms with E-state index in [1.54, 1.807) is 31.4 Å². The molecular formula is C23H31N3O5S. The van der Waals surface area contributed by atoms with Gasteiger partial charge >= 0.3 is 0 Å². The second-order valence-corrected chi connectivity index (χ2v) is 9.82. The number of nitrogens with zero attached hydrogens (tertiary/aromatic N) is 2. The van der Waals surface area contributed by atoms with Crippen molar-refractivity contribution in [2.75, 3.05) is 52.3 Å². The minimum atomic E-state index is -3.58. The average molecular weight is 462 g/mol. The topological polar surface area (TPSA) is 88.2 Å². The van der Waals surface area contributed by atoms with Gasteiger partial charge in [-0.3, -0.25) is 9.69 Å². The first kappa shape index (κ1) is 24.0. The molecule has 0 aromatic heterocycles. The molecule has 1 aliphatic heterocycles. The number of carbonyl (C=O) groups is 1. The van der Waals surface area contributed by atoms with Crippen LogP contribution in [0.4, 0.5) is 5.69 Å². The van der Waals surface area contributed by atoms with E-state index in [0.717, 1.165) is 11.1 Å². The highest BCUT2D eigenvalue weighted by molar-refractivity contribution is 7.89. The van der Waals surface area contributed by atoms with Gasteiger partial charge in [0.2, 0.25) is 15.9 Å². The summed E-state index contributed by atoms with van der Waals surface area (Å²) in [6.07, 6.45) is 0.656. The van der Waals surface area contributed by atoms with E-state index in [-0.39, 0.29) is 12.5 Å². The highest BCUT2D eigenvalue weighted by atomic mass is 32.2. The van der Waals surface area contributed by atoms with Crippen LogP contribution in [0.15, 0.2) is 41.3 Å². The van der Waals surface area contributed by atoms with E-state index in [1.807, 2.05) is 30.9 Å². The summed E-state index contributed by atoms with van der Waals surface area (Å²) in [6.45, 7) is 5.78. The summed E-state index contributed by atoms with van der Waals surface area (Å²) in [5.74, 6) is 0.969. The lowest BCUT2D eigenvalue weighted by Gasteiger charge is -2.22. The molecule has 8 nitrogen and oxygen atoms in total. The Morgan fingerprint density at radius 1 is 1.00 bits per heavy atom. The molecule has 1 fully saturated rings. The minimum absolute atomic E-state index is 0.173. The quantitative estimate of drug-likeness (QED) is 0.682. The molecule has 2 aromatic carbocycles. The van der Waals surface area contributed by atoms with Gasteiger partial charge in [-0.1, -0.05) is 12.1 Å². The van der Waals surface area contributed by atoms with Crippen LogP contribution >= 0.6 is 0 Å². The van der Waals surface area contributed by atoms with Gasteiger partial charge in [0.1, 0.15) is 11.5 Å². The number of nitrogens with one attached hydrogen (secondary N) is 1. The number of benzene rings is 2. The average Bonchev–Trinajstić information content (AvgIpc) is 3.01. The molecule has 0 spiro atoms. The maximum Gasteiger partial charge on any atom is 0.243 e. The Bertz CT molecular complexity index is 1070. The predicted octanol–water partition coefficient (Wildman–Crippen LogP) is 2.66. The molecule has 1 amide bonds. The molecule has 2 aromatic rings. The fourth-order valence-electron chi connectivity index (χ4n) is 3.76. The van der Waals surface area contributed by atoms with Crippen molar-refractivity contribution >= 4 is 21.6 Å². The smallest absolute Gasteiger partial charge is 0.243 e. The van der Waals surface area contributed by atoms with Gasteiger partial charge in [-0.15, -0.1) is 0 Å². The summed E-state index contributed by atoms with van der Waals surface area (Å²) in [4.78, 5) is 15.0. The van der Waals surface area contributed by atoms with Gasteiger partial charge in [-0.05, 0) is 56.1 Å². The SMILES string of the molecule is COc1ccc(NC(=O)CN2CCCN(S(=O)(=O)c3cc(C)ccc3C)CC2)c(OC)c1. The van der Waals surface area contributed by atoms with Crippen LogP contribution in [0.3, 0.4) is 0 Å². The Morgan fingerprint density at radius 3 is 2.50 bits per heavy atom. The fourth-order valence-corrected chi connectivity index (χ4v) is 5.54. The van der Waals surface area contributed by atoms with Crippen molar-refractivity contribution in [1.29, 1.82) is 0 Å². The molecule has 1 heterocycles. The Hall–Kier alpha value is -2.62. The number of carbonyl (C=O) groups excluding carboxylic acids is 1. The molecule has 32 heavy (non-hydrogen) atoms. The second kappa shape index (κ2) is 10.3. The molecule has 174 valence electrons. The predicted molar refractivity (Wildman–Crippen MR) is 124 cm³/mol. The maximum absolute atomic E-state index is 13.2. The van der Waals surface area contributed by atoms with Crippen LogP contribution in [0.2, 0.25) is 0 Å². The van der Waals surface area contributed by atoms with Crippen molar-refractivity contribution in [1.82, 2.24) is 9.21 Å². The number of aryl methyl sites for hydroxylation is 2. The lowest BCUT2D eigenvalue weighted by molar-refractivity contribution is -0.117. The number of anilines is 1. The number of methoxy groups -OCH3 is 2. The second-order valence-electron chi connectivity index (χ2n) is 7.92. The highest BCUT2D eigenvalue weighted by Crippen LogP contribution is 2.29. The van der Waals surface area contributed by atoms with E-state index in [1.165, 1.54) is 11.4 Å². The van der Waals surface area contributed by atoms with Crippen molar-refractivity contribution in [3.63, 3.8) is 0 Å². The summed E-state index contributed by atoms with van der Waals surface area (Å²) < 4.78 is 38.5. The van der Waals surface area contributed by atoms with Crippen LogP contribution < -0.4 is 14.8 Å². The molecule has 0 bridgehead atoms. The number of ether oxygens (including phenoxy) is 2. The molecule has 1 aliphatic rings. The summed E-state index contributed by atoms with van der Waals surface area (Å²) in [7, 11) is -0.479. The lowest BCUT2D eigenvalue weighted by Crippen LogP contribution is -2.38. The normalized spacial score (nSPS) is 15.8. The van der Waals surface area contributed by atoms with Crippen LogP contribution in [-0.4, -0.2) is 70.5 Å². The van der Waals surface area contributed by atoms with Crippen LogP contribution in [0.25, 0.3) is 0 Å². The van der Waals surface area contributed by atoms with Crippen molar-refractivity contribution in [2.24, 2.45) is 0 Å². The van der Waals surface area contributed by atoms with Gasteiger partial charge in [0, 0.05) is 25.7 Å². The zero-order valence-corrected chi connectivity index (χ0v) is 19.9. The Labute approximate surface area is 190 Å². The largest absolute Gasteiger partial charge is 0.497 e. The first-order valence-electron chi connectivity index (χ1n) is 10.6. The summed E-state index contributed by atoms with van der Waals surface area (Å²) in [5, 5.41) is 2.87. The zero-order valence-electron chi connectivity index (χ0n) is 19.1. The maximum atomic E-state index is 13.2. The van der Waals surface area contributed by atoms with Gasteiger partial charge in [0.25, 0.3) is 0 Å². The minimum Gasteiger partial charge on any atom is -0.497 e. The molecule has 0 aliphatic carbocycles. The van der Waals surface area contributed by atoms with Crippen LogP contribution in [-0.2, 0) is 14.8 Å². The van der Waals surface area contributed by atoms with Crippen molar-refractivity contribution < 1.29 is 22.7 Å². The van der Waals surface area contributed by atoms with Gasteiger partial charge in [0.05, 0.1) is 31.3 Å². The van der Waals surface area contributed by atoms with Crippen molar-refractivity contribution in [3.05, 3.63) is 47.5 Å². The fraction of sp³-hybridized carbons (Fsp3) is 0.435. The van der Waals surface area contributed by atoms with Crippen LogP contribution in [0.5, 0.6) is 11.5 Å². The van der Waals surface area contributed by atoms with Crippen LogP contribution in [0.1, 0.15) is 17.5 Å². The van der Waals surface area contributed by atoms with Crippen LogP contribution in [0, 0.1) is 13.8 Å². The highest BCUT2D eigenvalue weighted by Gasteiger charge is 2.28. The van der Waals surface area contributed by atoms with E-state index in [0.29, 0.717) is 54.7 Å². The van der Waals surface area contributed by atoms with Crippen molar-refractivity contribution in [2.45, 2.75) is 25.2 Å². The number of amides is 1. The van der Waals surface area contributed by atoms with E-state index < -0.39 is 10.0 Å². The number of sulfonamides is 1. The first-order chi connectivity index (χ1) is 15.2. The molecule has 0 saturated carbocycles. The van der Waals surface area contributed by atoms with E-state index in [2.05, 4.69) is 5.32 Å². The first-order valence-corrected chi connectivity index (χ1v) is 12.0. The third-order valence-corrected chi connectivity index (χ3v) is 7.60. The molecule has 3 rings (SSSR count). The zero-order chi connectivity index (χ0) is 23.3. The molecule has 1 N–H and O–H groups in total.